The molecule has 0 bridgehead atoms. The van der Waals surface area contributed by atoms with Crippen LogP contribution in [0.3, 0.4) is 0 Å². The van der Waals surface area contributed by atoms with E-state index >= 15 is 0 Å². The summed E-state index contributed by atoms with van der Waals surface area (Å²) in [6.07, 6.45) is 5.42. The highest BCUT2D eigenvalue weighted by Crippen LogP contribution is 2.37. The summed E-state index contributed by atoms with van der Waals surface area (Å²) in [5.41, 5.74) is 1.77. The molecular weight excluding hydrogens is 248 g/mol. The fourth-order valence-corrected chi connectivity index (χ4v) is 4.67. The van der Waals surface area contributed by atoms with E-state index in [2.05, 4.69) is 23.7 Å². The molecule has 2 fully saturated rings. The fourth-order valence-electron chi connectivity index (χ4n) is 2.62. The molecule has 1 aliphatic heterocycles. The number of nitrogens with one attached hydrogen (secondary N) is 1. The first-order chi connectivity index (χ1) is 8.27. The topological polar surface area (TPSA) is 24.4 Å². The summed E-state index contributed by atoms with van der Waals surface area (Å²) in [4.78, 5) is 6.12. The number of thiophene rings is 1. The van der Waals surface area contributed by atoms with Crippen molar-refractivity contribution < 1.29 is 0 Å². The average Bonchev–Trinajstić information content (AvgIpc) is 3.01. The number of aliphatic imine (C=N–C) groups is 1. The van der Waals surface area contributed by atoms with Crippen LogP contribution in [-0.4, -0.2) is 16.5 Å². The first-order valence-electron chi connectivity index (χ1n) is 6.26. The fraction of sp³-hybridized carbons (Fsp3) is 0.615. The minimum Gasteiger partial charge on any atom is -0.359 e. The number of hydrogen-bond donors (Lipinski definition) is 1. The van der Waals surface area contributed by atoms with Gasteiger partial charge in [-0.2, -0.15) is 0 Å². The molecule has 1 saturated heterocycles. The van der Waals surface area contributed by atoms with Crippen LogP contribution in [0.1, 0.15) is 36.1 Å². The van der Waals surface area contributed by atoms with Crippen molar-refractivity contribution in [3.8, 4) is 0 Å². The lowest BCUT2D eigenvalue weighted by Crippen LogP contribution is -2.40. The highest BCUT2D eigenvalue weighted by molar-refractivity contribution is 8.14. The van der Waals surface area contributed by atoms with Crippen molar-refractivity contribution in [1.29, 1.82) is 0 Å². The van der Waals surface area contributed by atoms with Crippen LogP contribution in [0.2, 0.25) is 0 Å². The molecule has 0 radical (unpaired) electrons. The maximum atomic E-state index is 4.72. The van der Waals surface area contributed by atoms with E-state index in [1.54, 1.807) is 0 Å². The van der Waals surface area contributed by atoms with Gasteiger partial charge in [0.25, 0.3) is 0 Å². The molecule has 0 aromatic carbocycles. The van der Waals surface area contributed by atoms with Gasteiger partial charge in [-0.15, -0.1) is 11.3 Å². The van der Waals surface area contributed by atoms with Gasteiger partial charge in [-0.05, 0) is 36.8 Å². The van der Waals surface area contributed by atoms with Gasteiger partial charge in [0.05, 0.1) is 6.54 Å². The quantitative estimate of drug-likeness (QED) is 0.885. The Hall–Kier alpha value is -0.480. The third-order valence-corrected chi connectivity index (χ3v) is 5.96. The van der Waals surface area contributed by atoms with E-state index in [-0.39, 0.29) is 0 Å². The van der Waals surface area contributed by atoms with Gasteiger partial charge in [-0.1, -0.05) is 24.6 Å². The van der Waals surface area contributed by atoms with Crippen LogP contribution in [-0.2, 0) is 6.54 Å². The average molecular weight is 266 g/mol. The highest BCUT2D eigenvalue weighted by Gasteiger charge is 2.39. The lowest BCUT2D eigenvalue weighted by molar-refractivity contribution is 0.452. The van der Waals surface area contributed by atoms with E-state index in [0.29, 0.717) is 5.54 Å². The van der Waals surface area contributed by atoms with Crippen molar-refractivity contribution in [2.75, 3.05) is 5.75 Å². The maximum absolute atomic E-state index is 4.72. The molecule has 1 N–H and O–H groups in total. The molecule has 0 atom stereocenters. The molecule has 3 rings (SSSR count). The Balaban J connectivity index is 1.64. The molecule has 2 aliphatic rings. The number of hydrogen-bond acceptors (Lipinski definition) is 3. The molecule has 1 aromatic rings. The Morgan fingerprint density at radius 3 is 2.94 bits per heavy atom. The summed E-state index contributed by atoms with van der Waals surface area (Å²) in [6, 6.07) is 2.17. The smallest absolute Gasteiger partial charge is 0.157 e. The molecule has 4 heteroatoms. The van der Waals surface area contributed by atoms with Crippen LogP contribution in [0, 0.1) is 6.92 Å². The number of aryl methyl sites for hydroxylation is 1. The zero-order valence-electron chi connectivity index (χ0n) is 10.2. The monoisotopic (exact) mass is 266 g/mol. The molecule has 2 heterocycles. The summed E-state index contributed by atoms with van der Waals surface area (Å²) in [6.45, 7) is 3.01. The summed E-state index contributed by atoms with van der Waals surface area (Å²) in [7, 11) is 0. The highest BCUT2D eigenvalue weighted by atomic mass is 32.2. The van der Waals surface area contributed by atoms with Crippen molar-refractivity contribution in [1.82, 2.24) is 5.32 Å². The number of amidine groups is 1. The molecule has 92 valence electrons. The van der Waals surface area contributed by atoms with Crippen LogP contribution >= 0.6 is 23.1 Å². The van der Waals surface area contributed by atoms with Crippen LogP contribution in [0.15, 0.2) is 16.4 Å². The first kappa shape index (κ1) is 11.6. The standard InChI is InChI=1S/C13H18N2S2/c1-10-4-7-16-11(10)8-14-12-15-13(9-17-12)5-2-3-6-13/h4,7H,2-3,5-6,8-9H2,1H3,(H,14,15). The number of nitrogens with zero attached hydrogens (tertiary/aromatic N) is 1. The molecule has 1 aromatic heterocycles. The summed E-state index contributed by atoms with van der Waals surface area (Å²) in [5, 5.41) is 6.98. The Labute approximate surface area is 111 Å². The van der Waals surface area contributed by atoms with Crippen LogP contribution in [0.25, 0.3) is 0 Å². The molecule has 17 heavy (non-hydrogen) atoms. The van der Waals surface area contributed by atoms with Crippen molar-refractivity contribution in [2.24, 2.45) is 4.99 Å². The van der Waals surface area contributed by atoms with Gasteiger partial charge in [-0.3, -0.25) is 4.99 Å². The second-order valence-electron chi connectivity index (χ2n) is 5.05. The van der Waals surface area contributed by atoms with Crippen LogP contribution in [0.4, 0.5) is 0 Å². The predicted molar refractivity (Wildman–Crippen MR) is 77.0 cm³/mol. The van der Waals surface area contributed by atoms with Crippen molar-refractivity contribution in [3.05, 3.63) is 21.9 Å². The van der Waals surface area contributed by atoms with E-state index in [1.807, 2.05) is 23.1 Å². The molecule has 1 aliphatic carbocycles. The van der Waals surface area contributed by atoms with Crippen molar-refractivity contribution in [3.63, 3.8) is 0 Å². The van der Waals surface area contributed by atoms with E-state index in [4.69, 9.17) is 4.99 Å². The zero-order chi connectivity index (χ0) is 11.7. The second kappa shape index (κ2) is 4.65. The van der Waals surface area contributed by atoms with Gasteiger partial charge in [-0.25, -0.2) is 0 Å². The Bertz CT molecular complexity index is 430. The summed E-state index contributed by atoms with van der Waals surface area (Å²) in [5.74, 6) is 1.22. The van der Waals surface area contributed by atoms with E-state index in [0.717, 1.165) is 6.54 Å². The largest absolute Gasteiger partial charge is 0.359 e. The van der Waals surface area contributed by atoms with Gasteiger partial charge in [0.1, 0.15) is 0 Å². The van der Waals surface area contributed by atoms with Crippen LogP contribution < -0.4 is 5.32 Å². The lowest BCUT2D eigenvalue weighted by Gasteiger charge is -2.21. The molecule has 2 nitrogen and oxygen atoms in total. The van der Waals surface area contributed by atoms with Crippen LogP contribution in [0.5, 0.6) is 0 Å². The third-order valence-electron chi connectivity index (χ3n) is 3.75. The Morgan fingerprint density at radius 1 is 1.41 bits per heavy atom. The van der Waals surface area contributed by atoms with Gasteiger partial charge >= 0.3 is 0 Å². The molecule has 1 saturated carbocycles. The number of thioether (sulfide) groups is 1. The minimum atomic E-state index is 0.397. The van der Waals surface area contributed by atoms with Gasteiger partial charge in [0.15, 0.2) is 5.17 Å². The SMILES string of the molecule is Cc1ccsc1CN=C1NC2(CCCC2)CS1. The van der Waals surface area contributed by atoms with E-state index in [1.165, 1.54) is 47.0 Å². The minimum absolute atomic E-state index is 0.397. The molecule has 1 spiro atoms. The van der Waals surface area contributed by atoms with Gasteiger partial charge < -0.3 is 5.32 Å². The Kier molecular flexibility index (Phi) is 3.17. The summed E-state index contributed by atoms with van der Waals surface area (Å²) < 4.78 is 0. The van der Waals surface area contributed by atoms with E-state index in [9.17, 15) is 0 Å². The summed E-state index contributed by atoms with van der Waals surface area (Å²) >= 11 is 3.72. The normalized spacial score (nSPS) is 24.6. The number of rotatable bonds is 2. The van der Waals surface area contributed by atoms with Gasteiger partial charge in [0, 0.05) is 16.2 Å². The second-order valence-corrected chi connectivity index (χ2v) is 7.01. The van der Waals surface area contributed by atoms with Crippen molar-refractivity contribution >= 4 is 28.3 Å². The van der Waals surface area contributed by atoms with E-state index < -0.39 is 0 Å². The first-order valence-corrected chi connectivity index (χ1v) is 8.12. The molecule has 0 unspecified atom stereocenters. The van der Waals surface area contributed by atoms with Gasteiger partial charge in [0.2, 0.25) is 0 Å². The zero-order valence-corrected chi connectivity index (χ0v) is 11.8. The molecular formula is C13H18N2S2. The lowest BCUT2D eigenvalue weighted by atomic mass is 10.0. The maximum Gasteiger partial charge on any atom is 0.157 e. The third kappa shape index (κ3) is 2.38. The Morgan fingerprint density at radius 2 is 2.24 bits per heavy atom. The van der Waals surface area contributed by atoms with Crippen molar-refractivity contribution in [2.45, 2.75) is 44.7 Å². The molecule has 0 amide bonds. The predicted octanol–water partition coefficient (Wildman–Crippen LogP) is 3.56.